The van der Waals surface area contributed by atoms with Crippen molar-refractivity contribution < 1.29 is 19.3 Å². The minimum atomic E-state index is -1.18. The molecule has 4 N–H and O–H groups in total. The first-order valence-corrected chi connectivity index (χ1v) is 8.10. The van der Waals surface area contributed by atoms with Crippen LogP contribution in [0, 0.1) is 5.92 Å². The average Bonchev–Trinajstić information content (AvgIpc) is 3.22. The number of hydrazone groups is 1. The van der Waals surface area contributed by atoms with E-state index in [9.17, 15) is 5.11 Å². The lowest BCUT2D eigenvalue weighted by molar-refractivity contribution is -0.126. The second-order valence-corrected chi connectivity index (χ2v) is 7.16. The van der Waals surface area contributed by atoms with Crippen molar-refractivity contribution in [2.75, 3.05) is 6.79 Å². The summed E-state index contributed by atoms with van der Waals surface area (Å²) in [5.74, 6) is 1.47. The molecule has 0 spiro atoms. The van der Waals surface area contributed by atoms with E-state index in [1.54, 1.807) is 0 Å². The second-order valence-electron chi connectivity index (χ2n) is 7.16. The van der Waals surface area contributed by atoms with Gasteiger partial charge in [0.15, 0.2) is 17.9 Å². The number of ether oxygens (including phenoxy) is 3. The predicted molar refractivity (Wildman–Crippen MR) is 97.1 cm³/mol. The fraction of sp³-hybridized carbons (Fsp3) is 0.588. The zero-order valence-electron chi connectivity index (χ0n) is 14.9. The van der Waals surface area contributed by atoms with Gasteiger partial charge in [0.1, 0.15) is 6.10 Å². The number of hydrogen-bond donors (Lipinski definition) is 3. The van der Waals surface area contributed by atoms with Gasteiger partial charge in [0, 0.05) is 6.04 Å². The summed E-state index contributed by atoms with van der Waals surface area (Å²) in [4.78, 5) is 0. The molecule has 0 saturated heterocycles. The molecule has 2 aliphatic rings. The number of nitrogens with two attached hydrogens (primary N) is 1. The number of nitrogens with zero attached hydrogens (tertiary/aromatic N) is 1. The van der Waals surface area contributed by atoms with E-state index >= 15 is 0 Å². The van der Waals surface area contributed by atoms with Crippen LogP contribution in [0.25, 0.3) is 0 Å². The molecular formula is C17H26ClN3O4. The Labute approximate surface area is 153 Å². The summed E-state index contributed by atoms with van der Waals surface area (Å²) < 4.78 is 16.7. The lowest BCUT2D eigenvalue weighted by atomic mass is 9.70. The fourth-order valence-corrected chi connectivity index (χ4v) is 3.19. The highest BCUT2D eigenvalue weighted by molar-refractivity contribution is 5.85. The molecule has 0 saturated carbocycles. The lowest BCUT2D eigenvalue weighted by Gasteiger charge is -2.47. The van der Waals surface area contributed by atoms with Gasteiger partial charge in [-0.05, 0) is 37.5 Å². The Balaban J connectivity index is 0.00000225. The number of fused-ring (bicyclic) bond motifs is 1. The molecule has 0 radical (unpaired) electrons. The van der Waals surface area contributed by atoms with Crippen LogP contribution in [0.5, 0.6) is 11.5 Å². The topological polar surface area (TPSA) is 98.3 Å². The van der Waals surface area contributed by atoms with Gasteiger partial charge < -0.3 is 25.1 Å². The van der Waals surface area contributed by atoms with Crippen LogP contribution in [0.1, 0.15) is 33.3 Å². The number of halogens is 1. The number of aliphatic hydroxyl groups excluding tert-OH is 1. The summed E-state index contributed by atoms with van der Waals surface area (Å²) in [5, 5.41) is 15.0. The number of hydrogen-bond acceptors (Lipinski definition) is 7. The zero-order valence-corrected chi connectivity index (χ0v) is 15.7. The van der Waals surface area contributed by atoms with Gasteiger partial charge in [-0.1, -0.05) is 19.9 Å². The summed E-state index contributed by atoms with van der Waals surface area (Å²) in [7, 11) is 0. The Hall–Kier alpha value is -1.70. The maximum atomic E-state index is 11.0. The maximum absolute atomic E-state index is 11.0. The molecule has 0 amide bonds. The van der Waals surface area contributed by atoms with E-state index in [1.165, 1.54) is 6.40 Å². The van der Waals surface area contributed by atoms with Crippen LogP contribution >= 0.6 is 12.4 Å². The standard InChI is InChI=1S/C17H25N3O4.ClH/c1-10(2)14(18)15(21)17(20-19-8-24-17)16(3,4)11-5-6-12-13(7-11)23-9-22-12;/h5-8,10,14-15,20-21H,9,18H2,1-4H3;1H. The molecule has 2 aliphatic heterocycles. The lowest BCUT2D eigenvalue weighted by Crippen LogP contribution is -2.68. The smallest absolute Gasteiger partial charge is 0.232 e. The van der Waals surface area contributed by atoms with Crippen molar-refractivity contribution in [1.29, 1.82) is 0 Å². The summed E-state index contributed by atoms with van der Waals surface area (Å²) >= 11 is 0. The van der Waals surface area contributed by atoms with Crippen LogP contribution in [-0.2, 0) is 10.2 Å². The summed E-state index contributed by atoms with van der Waals surface area (Å²) in [6.45, 7) is 8.09. The SMILES string of the molecule is CC(C)C(N)C(O)C1(C(C)(C)c2ccc3c(c2)OCO3)NN=CO1.Cl. The second kappa shape index (κ2) is 6.90. The number of nitrogens with one attached hydrogen (secondary N) is 1. The monoisotopic (exact) mass is 371 g/mol. The third-order valence-electron chi connectivity index (χ3n) is 5.10. The quantitative estimate of drug-likeness (QED) is 0.729. The van der Waals surface area contributed by atoms with E-state index in [-0.39, 0.29) is 25.1 Å². The molecule has 3 unspecified atom stereocenters. The first-order chi connectivity index (χ1) is 11.3. The predicted octanol–water partition coefficient (Wildman–Crippen LogP) is 1.72. The summed E-state index contributed by atoms with van der Waals surface area (Å²) in [5.41, 5.74) is 8.26. The van der Waals surface area contributed by atoms with E-state index < -0.39 is 23.3 Å². The van der Waals surface area contributed by atoms with Crippen LogP contribution in [-0.4, -0.2) is 36.2 Å². The van der Waals surface area contributed by atoms with Crippen LogP contribution in [0.2, 0.25) is 0 Å². The molecule has 3 rings (SSSR count). The number of rotatable bonds is 5. The molecule has 8 heteroatoms. The minimum absolute atomic E-state index is 0. The number of aliphatic hydroxyl groups is 1. The van der Waals surface area contributed by atoms with Crippen molar-refractivity contribution in [3.8, 4) is 11.5 Å². The van der Waals surface area contributed by atoms with Crippen LogP contribution in [0.4, 0.5) is 0 Å². The van der Waals surface area contributed by atoms with Crippen LogP contribution < -0.4 is 20.6 Å². The van der Waals surface area contributed by atoms with E-state index in [0.717, 1.165) is 5.56 Å². The molecule has 0 fully saturated rings. The van der Waals surface area contributed by atoms with Gasteiger partial charge in [-0.25, -0.2) is 0 Å². The number of benzene rings is 1. The highest BCUT2D eigenvalue weighted by Gasteiger charge is 2.57. The Morgan fingerprint density at radius 3 is 2.56 bits per heavy atom. The van der Waals surface area contributed by atoms with Gasteiger partial charge in [-0.3, -0.25) is 5.43 Å². The molecule has 3 atom stereocenters. The summed E-state index contributed by atoms with van der Waals surface area (Å²) in [6, 6.07) is 5.22. The Bertz CT molecular complexity index is 643. The first kappa shape index (κ1) is 19.6. The molecule has 25 heavy (non-hydrogen) atoms. The van der Waals surface area contributed by atoms with Gasteiger partial charge in [0.05, 0.1) is 5.41 Å². The zero-order chi connectivity index (χ0) is 17.5. The van der Waals surface area contributed by atoms with Crippen molar-refractivity contribution in [3.63, 3.8) is 0 Å². The van der Waals surface area contributed by atoms with Gasteiger partial charge in [-0.15, -0.1) is 17.5 Å². The Kier molecular flexibility index (Phi) is 5.41. The van der Waals surface area contributed by atoms with Crippen molar-refractivity contribution >= 4 is 18.8 Å². The molecule has 1 aromatic rings. The van der Waals surface area contributed by atoms with E-state index in [4.69, 9.17) is 19.9 Å². The third-order valence-corrected chi connectivity index (χ3v) is 5.10. The highest BCUT2D eigenvalue weighted by atomic mass is 35.5. The van der Waals surface area contributed by atoms with Gasteiger partial charge >= 0.3 is 0 Å². The first-order valence-electron chi connectivity index (χ1n) is 8.10. The average molecular weight is 372 g/mol. The molecule has 0 aliphatic carbocycles. The minimum Gasteiger partial charge on any atom is -0.454 e. The highest BCUT2D eigenvalue weighted by Crippen LogP contribution is 2.44. The van der Waals surface area contributed by atoms with E-state index in [0.29, 0.717) is 11.5 Å². The fourth-order valence-electron chi connectivity index (χ4n) is 3.19. The van der Waals surface area contributed by atoms with Gasteiger partial charge in [0.2, 0.25) is 12.5 Å². The van der Waals surface area contributed by atoms with Crippen molar-refractivity contribution in [2.45, 2.75) is 51.0 Å². The van der Waals surface area contributed by atoms with Crippen LogP contribution in [0.15, 0.2) is 23.3 Å². The molecule has 1 aromatic carbocycles. The normalized spacial score (nSPS) is 23.6. The molecule has 0 aromatic heterocycles. The molecule has 0 bridgehead atoms. The Morgan fingerprint density at radius 2 is 1.96 bits per heavy atom. The Morgan fingerprint density at radius 1 is 1.28 bits per heavy atom. The molecular weight excluding hydrogens is 346 g/mol. The molecule has 140 valence electrons. The van der Waals surface area contributed by atoms with Crippen molar-refractivity contribution in [2.24, 2.45) is 16.8 Å². The van der Waals surface area contributed by atoms with E-state index in [1.807, 2.05) is 45.9 Å². The van der Waals surface area contributed by atoms with Gasteiger partial charge in [0.25, 0.3) is 0 Å². The van der Waals surface area contributed by atoms with Crippen LogP contribution in [0.3, 0.4) is 0 Å². The van der Waals surface area contributed by atoms with Crippen molar-refractivity contribution in [3.05, 3.63) is 23.8 Å². The largest absolute Gasteiger partial charge is 0.454 e. The summed E-state index contributed by atoms with van der Waals surface area (Å²) in [6.07, 6.45) is 0.339. The third kappa shape index (κ3) is 3.01. The van der Waals surface area contributed by atoms with Gasteiger partial charge in [-0.2, -0.15) is 0 Å². The molecule has 2 heterocycles. The van der Waals surface area contributed by atoms with Crippen molar-refractivity contribution in [1.82, 2.24) is 5.43 Å². The maximum Gasteiger partial charge on any atom is 0.232 e. The molecule has 7 nitrogen and oxygen atoms in total. The van der Waals surface area contributed by atoms with E-state index in [2.05, 4.69) is 10.5 Å².